The summed E-state index contributed by atoms with van der Waals surface area (Å²) in [6.07, 6.45) is 9.99. The number of allylic oxidation sites excluding steroid dienone is 1. The van der Waals surface area contributed by atoms with E-state index in [9.17, 15) is 0 Å². The van der Waals surface area contributed by atoms with E-state index in [0.29, 0.717) is 0 Å². The molecule has 1 atom stereocenters. The third-order valence-electron chi connectivity index (χ3n) is 2.14. The third kappa shape index (κ3) is 2.65. The van der Waals surface area contributed by atoms with Crippen LogP contribution in [-0.2, 0) is 0 Å². The van der Waals surface area contributed by atoms with E-state index in [-0.39, 0.29) is 4.75 Å². The zero-order chi connectivity index (χ0) is 9.73. The van der Waals surface area contributed by atoms with Crippen LogP contribution in [0.4, 0.5) is 0 Å². The third-order valence-corrected chi connectivity index (χ3v) is 3.38. The van der Waals surface area contributed by atoms with E-state index >= 15 is 0 Å². The van der Waals surface area contributed by atoms with Crippen molar-refractivity contribution in [2.24, 2.45) is 0 Å². The maximum Gasteiger partial charge on any atom is 0.0642 e. The average Bonchev–Trinajstić information content (AvgIpc) is 2.46. The molecule has 70 valence electrons. The van der Waals surface area contributed by atoms with Gasteiger partial charge < -0.3 is 0 Å². The lowest BCUT2D eigenvalue weighted by atomic mass is 10.0. The molecule has 1 rings (SSSR count). The van der Waals surface area contributed by atoms with Crippen LogP contribution in [0.2, 0.25) is 0 Å². The zero-order valence-electron chi connectivity index (χ0n) is 8.18. The molecule has 0 aromatic heterocycles. The Morgan fingerprint density at radius 3 is 2.92 bits per heavy atom. The van der Waals surface area contributed by atoms with Crippen LogP contribution in [0.3, 0.4) is 0 Å². The minimum absolute atomic E-state index is 0.106. The highest BCUT2D eigenvalue weighted by Gasteiger charge is 2.28. The van der Waals surface area contributed by atoms with Crippen molar-refractivity contribution in [3.63, 3.8) is 0 Å². The van der Waals surface area contributed by atoms with Gasteiger partial charge in [0, 0.05) is 4.91 Å². The molecule has 0 saturated carbocycles. The fourth-order valence-corrected chi connectivity index (χ4v) is 2.61. The summed E-state index contributed by atoms with van der Waals surface area (Å²) in [4.78, 5) is 1.14. The normalized spacial score (nSPS) is 26.1. The molecule has 0 aromatic carbocycles. The summed E-state index contributed by atoms with van der Waals surface area (Å²) >= 11 is 1.81. The monoisotopic (exact) mass is 192 g/mol. The Hall–Kier alpha value is -0.650. The Kier molecular flexibility index (Phi) is 3.65. The van der Waals surface area contributed by atoms with Crippen molar-refractivity contribution in [1.29, 1.82) is 0 Å². The van der Waals surface area contributed by atoms with Gasteiger partial charge in [0.05, 0.1) is 4.75 Å². The summed E-state index contributed by atoms with van der Waals surface area (Å²) in [7, 11) is 0. The molecule has 1 aliphatic rings. The molecular formula is C12H16S. The molecule has 0 radical (unpaired) electrons. The molecule has 0 bridgehead atoms. The molecule has 0 amide bonds. The van der Waals surface area contributed by atoms with E-state index in [4.69, 9.17) is 0 Å². The first-order valence-electron chi connectivity index (χ1n) is 4.66. The Morgan fingerprint density at radius 2 is 2.46 bits per heavy atom. The van der Waals surface area contributed by atoms with Crippen molar-refractivity contribution in [2.45, 2.75) is 30.9 Å². The van der Waals surface area contributed by atoms with Gasteiger partial charge in [-0.1, -0.05) is 45.1 Å². The van der Waals surface area contributed by atoms with Gasteiger partial charge in [-0.15, -0.1) is 17.5 Å². The maximum atomic E-state index is 3.95. The Morgan fingerprint density at radius 1 is 1.69 bits per heavy atom. The number of thioether (sulfide) groups is 1. The van der Waals surface area contributed by atoms with Gasteiger partial charge >= 0.3 is 0 Å². The molecule has 0 fully saturated rings. The van der Waals surface area contributed by atoms with Crippen molar-refractivity contribution >= 4 is 11.8 Å². The van der Waals surface area contributed by atoms with Gasteiger partial charge in [-0.05, 0) is 12.5 Å². The molecule has 0 N–H and O–H groups in total. The molecule has 13 heavy (non-hydrogen) atoms. The second kappa shape index (κ2) is 4.55. The maximum absolute atomic E-state index is 3.95. The highest BCUT2D eigenvalue weighted by atomic mass is 32.2. The summed E-state index contributed by atoms with van der Waals surface area (Å²) in [5.74, 6) is 0. The first-order valence-corrected chi connectivity index (χ1v) is 5.48. The molecule has 0 aliphatic carbocycles. The summed E-state index contributed by atoms with van der Waals surface area (Å²) in [5, 5.41) is 0. The first kappa shape index (κ1) is 10.4. The lowest BCUT2D eigenvalue weighted by molar-refractivity contribution is 0.678. The SMILES string of the molecule is C=C=CC1(CCCC)C=CC(=C)S1. The smallest absolute Gasteiger partial charge is 0.0642 e. The second-order valence-corrected chi connectivity index (χ2v) is 4.80. The zero-order valence-corrected chi connectivity index (χ0v) is 8.99. The van der Waals surface area contributed by atoms with Crippen molar-refractivity contribution in [2.75, 3.05) is 0 Å². The van der Waals surface area contributed by atoms with Gasteiger partial charge in [0.15, 0.2) is 0 Å². The number of unbranched alkanes of at least 4 members (excludes halogenated alkanes) is 1. The molecule has 1 heteroatoms. The van der Waals surface area contributed by atoms with E-state index in [1.165, 1.54) is 12.8 Å². The minimum atomic E-state index is 0.106. The lowest BCUT2D eigenvalue weighted by Crippen LogP contribution is -2.14. The summed E-state index contributed by atoms with van der Waals surface area (Å²) in [6, 6.07) is 0. The lowest BCUT2D eigenvalue weighted by Gasteiger charge is -2.20. The standard InChI is InChI=1S/C12H16S/c1-4-6-9-12(8-5-2)10-7-11(3)13-12/h7-8,10H,2-4,6,9H2,1H3. The molecule has 1 unspecified atom stereocenters. The molecule has 1 heterocycles. The van der Waals surface area contributed by atoms with Crippen molar-refractivity contribution in [3.05, 3.63) is 42.0 Å². The van der Waals surface area contributed by atoms with Gasteiger partial charge in [0.2, 0.25) is 0 Å². The quantitative estimate of drug-likeness (QED) is 0.605. The number of hydrogen-bond acceptors (Lipinski definition) is 1. The van der Waals surface area contributed by atoms with E-state index in [2.05, 4.69) is 44.0 Å². The van der Waals surface area contributed by atoms with Crippen LogP contribution in [0.25, 0.3) is 0 Å². The van der Waals surface area contributed by atoms with Crippen LogP contribution in [0, 0.1) is 0 Å². The Balaban J connectivity index is 2.71. The van der Waals surface area contributed by atoms with E-state index in [1.807, 2.05) is 11.8 Å². The predicted molar refractivity (Wildman–Crippen MR) is 61.8 cm³/mol. The first-order chi connectivity index (χ1) is 6.22. The van der Waals surface area contributed by atoms with E-state index in [1.54, 1.807) is 0 Å². The van der Waals surface area contributed by atoms with Crippen LogP contribution in [0.15, 0.2) is 42.0 Å². The predicted octanol–water partition coefficient (Wildman–Crippen LogP) is 4.07. The van der Waals surface area contributed by atoms with Crippen molar-refractivity contribution in [1.82, 2.24) is 0 Å². The van der Waals surface area contributed by atoms with Gasteiger partial charge in [-0.2, -0.15) is 0 Å². The van der Waals surface area contributed by atoms with Crippen LogP contribution < -0.4 is 0 Å². The second-order valence-electron chi connectivity index (χ2n) is 3.31. The van der Waals surface area contributed by atoms with Gasteiger partial charge in [0.25, 0.3) is 0 Å². The summed E-state index contributed by atoms with van der Waals surface area (Å²) in [5.41, 5.74) is 2.89. The average molecular weight is 192 g/mol. The largest absolute Gasteiger partial charge is 0.131 e. The number of hydrogen-bond donors (Lipinski definition) is 0. The molecule has 0 spiro atoms. The van der Waals surface area contributed by atoms with Crippen LogP contribution in [0.1, 0.15) is 26.2 Å². The molecule has 0 saturated heterocycles. The minimum Gasteiger partial charge on any atom is -0.131 e. The van der Waals surface area contributed by atoms with Gasteiger partial charge in [0.1, 0.15) is 0 Å². The highest BCUT2D eigenvalue weighted by molar-refractivity contribution is 8.05. The van der Waals surface area contributed by atoms with Gasteiger partial charge in [-0.25, -0.2) is 0 Å². The summed E-state index contributed by atoms with van der Waals surface area (Å²) in [6.45, 7) is 9.80. The van der Waals surface area contributed by atoms with Crippen LogP contribution in [0.5, 0.6) is 0 Å². The van der Waals surface area contributed by atoms with E-state index in [0.717, 1.165) is 11.3 Å². The topological polar surface area (TPSA) is 0 Å². The number of rotatable bonds is 4. The highest BCUT2D eigenvalue weighted by Crippen LogP contribution is 2.43. The van der Waals surface area contributed by atoms with Crippen LogP contribution in [-0.4, -0.2) is 4.75 Å². The van der Waals surface area contributed by atoms with Gasteiger partial charge in [-0.3, -0.25) is 0 Å². The molecule has 0 aromatic rings. The Bertz CT molecular complexity index is 269. The summed E-state index contributed by atoms with van der Waals surface area (Å²) < 4.78 is 0.106. The molecule has 0 nitrogen and oxygen atoms in total. The Labute approximate surface area is 85.1 Å². The fourth-order valence-electron chi connectivity index (χ4n) is 1.46. The van der Waals surface area contributed by atoms with Crippen molar-refractivity contribution in [3.8, 4) is 0 Å². The van der Waals surface area contributed by atoms with E-state index < -0.39 is 0 Å². The fraction of sp³-hybridized carbons (Fsp3) is 0.417. The van der Waals surface area contributed by atoms with Crippen LogP contribution >= 0.6 is 11.8 Å². The molecule has 1 aliphatic heterocycles. The molecular weight excluding hydrogens is 176 g/mol. The van der Waals surface area contributed by atoms with Crippen molar-refractivity contribution < 1.29 is 0 Å².